The number of rotatable bonds is 4. The Bertz CT molecular complexity index is 624. The zero-order chi connectivity index (χ0) is 13.8. The van der Waals surface area contributed by atoms with Crippen LogP contribution >= 0.6 is 23.5 Å². The number of fused-ring (bicyclic) bond motifs is 1. The molecule has 0 saturated carbocycles. The van der Waals surface area contributed by atoms with Crippen LogP contribution in [-0.2, 0) is 17.9 Å². The van der Waals surface area contributed by atoms with E-state index < -0.39 is 0 Å². The summed E-state index contributed by atoms with van der Waals surface area (Å²) in [5.41, 5.74) is 2.37. The summed E-state index contributed by atoms with van der Waals surface area (Å²) < 4.78 is 6.30. The summed E-state index contributed by atoms with van der Waals surface area (Å²) in [4.78, 5) is 9.02. The fraction of sp³-hybridized carbons (Fsp3) is 0.357. The minimum atomic E-state index is 0.681. The molecule has 0 bridgehead atoms. The van der Waals surface area contributed by atoms with Crippen LogP contribution in [-0.4, -0.2) is 14.5 Å². The molecule has 4 nitrogen and oxygen atoms in total. The third kappa shape index (κ3) is 3.24. The van der Waals surface area contributed by atoms with E-state index in [-0.39, 0.29) is 0 Å². The number of thioether (sulfide) groups is 2. The molecular weight excluding hydrogens is 290 g/mol. The van der Waals surface area contributed by atoms with Gasteiger partial charge in [0.1, 0.15) is 4.38 Å². The summed E-state index contributed by atoms with van der Waals surface area (Å²) in [6.07, 6.45) is 1.91. The van der Waals surface area contributed by atoms with Crippen molar-refractivity contribution in [1.29, 1.82) is 0 Å². The second kappa shape index (κ2) is 6.45. The van der Waals surface area contributed by atoms with Crippen molar-refractivity contribution in [2.24, 2.45) is 4.99 Å². The lowest BCUT2D eigenvalue weighted by molar-refractivity contribution is 0.385. The van der Waals surface area contributed by atoms with E-state index in [2.05, 4.69) is 40.3 Å². The molecule has 6 heteroatoms. The largest absolute Gasteiger partial charge is 0.338 e. The second-order valence-corrected chi connectivity index (χ2v) is 6.62. The molecule has 20 heavy (non-hydrogen) atoms. The van der Waals surface area contributed by atoms with Gasteiger partial charge >= 0.3 is 0 Å². The van der Waals surface area contributed by atoms with Crippen LogP contribution in [0.1, 0.15) is 30.6 Å². The molecule has 0 saturated heterocycles. The molecule has 2 heterocycles. The van der Waals surface area contributed by atoms with Gasteiger partial charge in [0.15, 0.2) is 5.82 Å². The summed E-state index contributed by atoms with van der Waals surface area (Å²) in [6.45, 7) is 2.11. The van der Waals surface area contributed by atoms with Crippen molar-refractivity contribution < 1.29 is 4.52 Å². The highest BCUT2D eigenvalue weighted by Gasteiger charge is 2.14. The van der Waals surface area contributed by atoms with E-state index in [4.69, 9.17) is 4.52 Å². The van der Waals surface area contributed by atoms with Crippen LogP contribution in [0.25, 0.3) is 0 Å². The van der Waals surface area contributed by atoms with Crippen LogP contribution in [0.5, 0.6) is 0 Å². The van der Waals surface area contributed by atoms with Crippen molar-refractivity contribution in [3.05, 3.63) is 41.5 Å². The molecule has 1 aliphatic rings. The van der Waals surface area contributed by atoms with Crippen molar-refractivity contribution in [2.75, 3.05) is 0 Å². The fourth-order valence-corrected chi connectivity index (χ4v) is 3.78. The van der Waals surface area contributed by atoms with E-state index in [1.165, 1.54) is 5.56 Å². The van der Waals surface area contributed by atoms with Crippen molar-refractivity contribution in [1.82, 2.24) is 10.1 Å². The molecule has 1 aromatic heterocycles. The maximum absolute atomic E-state index is 5.23. The molecule has 0 radical (unpaired) electrons. The SMILES string of the molecule is CCCc1noc(CSC2=Nc3ccccc3CS2)n1. The van der Waals surface area contributed by atoms with Gasteiger partial charge in [0, 0.05) is 12.2 Å². The number of aryl methyl sites for hydroxylation is 1. The van der Waals surface area contributed by atoms with Crippen LogP contribution in [0, 0.1) is 0 Å². The summed E-state index contributed by atoms with van der Waals surface area (Å²) >= 11 is 3.43. The molecule has 0 N–H and O–H groups in total. The summed E-state index contributed by atoms with van der Waals surface area (Å²) in [7, 11) is 0. The molecule has 0 atom stereocenters. The van der Waals surface area contributed by atoms with Gasteiger partial charge in [-0.05, 0) is 18.1 Å². The molecule has 0 unspecified atom stereocenters. The van der Waals surface area contributed by atoms with Gasteiger partial charge in [-0.1, -0.05) is 53.8 Å². The first-order chi connectivity index (χ1) is 9.85. The number of aliphatic imine (C=N–C) groups is 1. The van der Waals surface area contributed by atoms with E-state index >= 15 is 0 Å². The normalized spacial score (nSPS) is 13.9. The van der Waals surface area contributed by atoms with Gasteiger partial charge in [-0.2, -0.15) is 4.98 Å². The molecular formula is C14H15N3OS2. The Morgan fingerprint density at radius 1 is 1.35 bits per heavy atom. The fourth-order valence-electron chi connectivity index (χ4n) is 1.88. The van der Waals surface area contributed by atoms with Crippen molar-refractivity contribution >= 4 is 33.6 Å². The van der Waals surface area contributed by atoms with Crippen LogP contribution < -0.4 is 0 Å². The molecule has 0 aliphatic carbocycles. The minimum Gasteiger partial charge on any atom is -0.338 e. The van der Waals surface area contributed by atoms with Crippen molar-refractivity contribution in [3.8, 4) is 0 Å². The zero-order valence-electron chi connectivity index (χ0n) is 11.2. The van der Waals surface area contributed by atoms with E-state index in [1.54, 1.807) is 23.5 Å². The van der Waals surface area contributed by atoms with Gasteiger partial charge < -0.3 is 4.52 Å². The van der Waals surface area contributed by atoms with Gasteiger partial charge in [0.2, 0.25) is 5.89 Å². The lowest BCUT2D eigenvalue weighted by atomic mass is 10.2. The topological polar surface area (TPSA) is 51.3 Å². The highest BCUT2D eigenvalue weighted by molar-refractivity contribution is 8.38. The van der Waals surface area contributed by atoms with Crippen LogP contribution in [0.15, 0.2) is 33.8 Å². The molecule has 3 rings (SSSR count). The summed E-state index contributed by atoms with van der Waals surface area (Å²) in [5, 5.41) is 3.96. The second-order valence-electron chi connectivity index (χ2n) is 4.44. The van der Waals surface area contributed by atoms with Crippen LogP contribution in [0.4, 0.5) is 5.69 Å². The lowest BCUT2D eigenvalue weighted by Crippen LogP contribution is -1.96. The smallest absolute Gasteiger partial charge is 0.237 e. The van der Waals surface area contributed by atoms with E-state index in [0.29, 0.717) is 11.6 Å². The van der Waals surface area contributed by atoms with Gasteiger partial charge in [-0.3, -0.25) is 0 Å². The van der Waals surface area contributed by atoms with Gasteiger partial charge in [0.25, 0.3) is 0 Å². The Hall–Kier alpha value is -1.27. The molecule has 0 amide bonds. The first-order valence-electron chi connectivity index (χ1n) is 6.59. The van der Waals surface area contributed by atoms with E-state index in [1.807, 2.05) is 6.07 Å². The lowest BCUT2D eigenvalue weighted by Gasteiger charge is -2.13. The van der Waals surface area contributed by atoms with E-state index in [9.17, 15) is 0 Å². The third-order valence-electron chi connectivity index (χ3n) is 2.86. The highest BCUT2D eigenvalue weighted by Crippen LogP contribution is 2.35. The Labute approximate surface area is 126 Å². The monoisotopic (exact) mass is 305 g/mol. The quantitative estimate of drug-likeness (QED) is 0.847. The molecule has 1 aromatic carbocycles. The summed E-state index contributed by atoms with van der Waals surface area (Å²) in [5.74, 6) is 3.14. The predicted molar refractivity (Wildman–Crippen MR) is 84.4 cm³/mol. The zero-order valence-corrected chi connectivity index (χ0v) is 12.8. The van der Waals surface area contributed by atoms with Crippen LogP contribution in [0.2, 0.25) is 0 Å². The number of hydrogen-bond acceptors (Lipinski definition) is 6. The maximum atomic E-state index is 5.23. The summed E-state index contributed by atoms with van der Waals surface area (Å²) in [6, 6.07) is 8.26. The standard InChI is InChI=1S/C14H15N3OS2/c1-2-5-12-16-13(18-17-12)9-20-14-15-11-7-4-3-6-10(11)8-19-14/h3-4,6-7H,2,5,8-9H2,1H3. The molecule has 2 aromatic rings. The average molecular weight is 305 g/mol. The number of para-hydroxylation sites is 1. The highest BCUT2D eigenvalue weighted by atomic mass is 32.2. The minimum absolute atomic E-state index is 0.681. The number of hydrogen-bond donors (Lipinski definition) is 0. The Morgan fingerprint density at radius 2 is 2.25 bits per heavy atom. The molecule has 0 fully saturated rings. The van der Waals surface area contributed by atoms with Crippen LogP contribution in [0.3, 0.4) is 0 Å². The first kappa shape index (κ1) is 13.7. The average Bonchev–Trinajstić information content (AvgIpc) is 2.93. The Kier molecular flexibility index (Phi) is 4.42. The number of nitrogens with zero attached hydrogens (tertiary/aromatic N) is 3. The first-order valence-corrected chi connectivity index (χ1v) is 8.56. The van der Waals surface area contributed by atoms with Crippen molar-refractivity contribution in [2.45, 2.75) is 31.3 Å². The molecule has 104 valence electrons. The number of aromatic nitrogens is 2. The maximum Gasteiger partial charge on any atom is 0.237 e. The van der Waals surface area contributed by atoms with Crippen molar-refractivity contribution in [3.63, 3.8) is 0 Å². The van der Waals surface area contributed by atoms with E-state index in [0.717, 1.165) is 34.5 Å². The van der Waals surface area contributed by atoms with Gasteiger partial charge in [-0.25, -0.2) is 4.99 Å². The molecule has 1 aliphatic heterocycles. The van der Waals surface area contributed by atoms with Gasteiger partial charge in [-0.15, -0.1) is 0 Å². The molecule has 0 spiro atoms. The van der Waals surface area contributed by atoms with Gasteiger partial charge in [0.05, 0.1) is 11.4 Å². The third-order valence-corrected chi connectivity index (χ3v) is 5.09. The predicted octanol–water partition coefficient (Wildman–Crippen LogP) is 4.19. The Balaban J connectivity index is 1.63. The Morgan fingerprint density at radius 3 is 3.15 bits per heavy atom. The number of benzene rings is 1.